The van der Waals surface area contributed by atoms with Crippen molar-refractivity contribution in [3.05, 3.63) is 92.0 Å². The van der Waals surface area contributed by atoms with Gasteiger partial charge < -0.3 is 4.57 Å². The molecular formula is C25H20BrN3OS. The zero-order chi connectivity index (χ0) is 21.5. The predicted octanol–water partition coefficient (Wildman–Crippen LogP) is 6.62. The molecule has 0 saturated carbocycles. The summed E-state index contributed by atoms with van der Waals surface area (Å²) in [6.45, 7) is 2.06. The fraction of sp³-hybridized carbons (Fsp3) is 0.200. The van der Waals surface area contributed by atoms with Crippen LogP contribution in [0, 0.1) is 18.3 Å². The van der Waals surface area contributed by atoms with E-state index < -0.39 is 0 Å². The van der Waals surface area contributed by atoms with Crippen LogP contribution in [0.1, 0.15) is 36.3 Å². The van der Waals surface area contributed by atoms with Gasteiger partial charge >= 0.3 is 0 Å². The van der Waals surface area contributed by atoms with Crippen molar-refractivity contribution < 1.29 is 4.79 Å². The molecule has 31 heavy (non-hydrogen) atoms. The minimum Gasteiger partial charge on any atom is -0.309 e. The van der Waals surface area contributed by atoms with Crippen LogP contribution in [0.4, 0.5) is 5.69 Å². The molecule has 6 heteroatoms. The Morgan fingerprint density at radius 1 is 1.19 bits per heavy atom. The third-order valence-electron chi connectivity index (χ3n) is 5.97. The third-order valence-corrected chi connectivity index (χ3v) is 7.17. The molecule has 0 fully saturated rings. The van der Waals surface area contributed by atoms with Gasteiger partial charge in [-0.25, -0.2) is 0 Å². The molecule has 1 aliphatic carbocycles. The number of aromatic nitrogens is 1. The quantitative estimate of drug-likeness (QED) is 0.415. The second-order valence-electron chi connectivity index (χ2n) is 7.83. The fourth-order valence-electron chi connectivity index (χ4n) is 4.67. The van der Waals surface area contributed by atoms with Gasteiger partial charge in [-0.2, -0.15) is 16.6 Å². The van der Waals surface area contributed by atoms with E-state index in [4.69, 9.17) is 0 Å². The van der Waals surface area contributed by atoms with E-state index >= 15 is 0 Å². The molecule has 0 N–H and O–H groups in total. The van der Waals surface area contributed by atoms with Gasteiger partial charge in [0.2, 0.25) is 0 Å². The van der Waals surface area contributed by atoms with Crippen molar-refractivity contribution in [2.45, 2.75) is 32.1 Å². The summed E-state index contributed by atoms with van der Waals surface area (Å²) >= 11 is 5.16. The largest absolute Gasteiger partial charge is 0.309 e. The number of Topliss-reactive ketones (excluding diaryl/α,β-unsaturated/α-hetero) is 1. The minimum atomic E-state index is -0.330. The number of hydrogen-bond donors (Lipinski definition) is 0. The SMILES string of the molecule is Cc1cc(Br)ccc1N1C2=C(C(=O)CCC2)[C@@H](c2ccsc2)C(C#N)=C1n1cccc1. The van der Waals surface area contributed by atoms with E-state index in [-0.39, 0.29) is 11.7 Å². The van der Waals surface area contributed by atoms with E-state index in [1.165, 1.54) is 0 Å². The normalized spacial score (nSPS) is 18.9. The number of nitriles is 1. The van der Waals surface area contributed by atoms with E-state index in [0.29, 0.717) is 12.0 Å². The average molecular weight is 490 g/mol. The van der Waals surface area contributed by atoms with Gasteiger partial charge in [0.25, 0.3) is 0 Å². The molecule has 0 amide bonds. The predicted molar refractivity (Wildman–Crippen MR) is 128 cm³/mol. The lowest BCUT2D eigenvalue weighted by Gasteiger charge is -2.41. The van der Waals surface area contributed by atoms with Crippen molar-refractivity contribution in [2.24, 2.45) is 0 Å². The molecule has 0 saturated heterocycles. The number of halogens is 1. The van der Waals surface area contributed by atoms with Crippen LogP contribution in [-0.2, 0) is 4.79 Å². The van der Waals surface area contributed by atoms with Gasteiger partial charge in [0, 0.05) is 34.6 Å². The van der Waals surface area contributed by atoms with Crippen LogP contribution in [0.25, 0.3) is 5.82 Å². The highest BCUT2D eigenvalue weighted by atomic mass is 79.9. The number of benzene rings is 1. The highest BCUT2D eigenvalue weighted by Crippen LogP contribution is 2.49. The Balaban J connectivity index is 1.86. The van der Waals surface area contributed by atoms with Crippen molar-refractivity contribution in [2.75, 3.05) is 4.90 Å². The van der Waals surface area contributed by atoms with Gasteiger partial charge in [0.15, 0.2) is 5.78 Å². The van der Waals surface area contributed by atoms with Crippen LogP contribution in [0.3, 0.4) is 0 Å². The monoisotopic (exact) mass is 489 g/mol. The first-order chi connectivity index (χ1) is 15.1. The van der Waals surface area contributed by atoms with E-state index in [0.717, 1.165) is 51.2 Å². The Bertz CT molecular complexity index is 1260. The maximum Gasteiger partial charge on any atom is 0.161 e. The molecule has 0 bridgehead atoms. The number of rotatable bonds is 3. The van der Waals surface area contributed by atoms with Crippen molar-refractivity contribution in [1.29, 1.82) is 5.26 Å². The molecule has 3 aromatic rings. The maximum absolute atomic E-state index is 13.3. The second-order valence-corrected chi connectivity index (χ2v) is 9.53. The summed E-state index contributed by atoms with van der Waals surface area (Å²) in [6.07, 6.45) is 6.09. The first-order valence-electron chi connectivity index (χ1n) is 10.2. The molecule has 0 unspecified atom stereocenters. The molecule has 1 aromatic carbocycles. The van der Waals surface area contributed by atoms with Crippen LogP contribution in [0.2, 0.25) is 0 Å². The van der Waals surface area contributed by atoms with Crippen LogP contribution in [0.15, 0.2) is 80.9 Å². The van der Waals surface area contributed by atoms with Gasteiger partial charge in [-0.1, -0.05) is 15.9 Å². The molecule has 2 aliphatic rings. The number of thiophene rings is 1. The average Bonchev–Trinajstić information content (AvgIpc) is 3.47. The highest BCUT2D eigenvalue weighted by molar-refractivity contribution is 9.10. The summed E-state index contributed by atoms with van der Waals surface area (Å²) < 4.78 is 3.00. The van der Waals surface area contributed by atoms with E-state index in [2.05, 4.69) is 51.3 Å². The van der Waals surface area contributed by atoms with Crippen LogP contribution < -0.4 is 4.90 Å². The molecule has 2 aromatic heterocycles. The summed E-state index contributed by atoms with van der Waals surface area (Å²) in [4.78, 5) is 15.4. The molecule has 154 valence electrons. The van der Waals surface area contributed by atoms with Crippen molar-refractivity contribution in [3.63, 3.8) is 0 Å². The van der Waals surface area contributed by atoms with Gasteiger partial charge in [0.1, 0.15) is 5.82 Å². The van der Waals surface area contributed by atoms with E-state index in [1.54, 1.807) is 11.3 Å². The summed E-state index contributed by atoms with van der Waals surface area (Å²) in [5.41, 5.74) is 5.48. The number of ketones is 1. The van der Waals surface area contributed by atoms with Crippen molar-refractivity contribution in [3.8, 4) is 6.07 Å². The number of carbonyl (C=O) groups excluding carboxylic acids is 1. The van der Waals surface area contributed by atoms with Gasteiger partial charge in [-0.15, -0.1) is 0 Å². The molecule has 1 atom stereocenters. The number of aryl methyl sites for hydroxylation is 1. The molecule has 1 aliphatic heterocycles. The first kappa shape index (κ1) is 20.0. The Morgan fingerprint density at radius 3 is 2.68 bits per heavy atom. The van der Waals surface area contributed by atoms with E-state index in [1.807, 2.05) is 46.6 Å². The van der Waals surface area contributed by atoms with Crippen molar-refractivity contribution >= 4 is 44.6 Å². The second kappa shape index (κ2) is 7.99. The molecular weight excluding hydrogens is 470 g/mol. The topological polar surface area (TPSA) is 49.0 Å². The fourth-order valence-corrected chi connectivity index (χ4v) is 5.84. The minimum absolute atomic E-state index is 0.150. The summed E-state index contributed by atoms with van der Waals surface area (Å²) in [7, 11) is 0. The molecule has 5 rings (SSSR count). The van der Waals surface area contributed by atoms with Crippen LogP contribution in [-0.4, -0.2) is 10.4 Å². The zero-order valence-electron chi connectivity index (χ0n) is 17.0. The lowest BCUT2D eigenvalue weighted by Crippen LogP contribution is -2.36. The standard InChI is InChI=1S/C25H20BrN3OS/c1-16-13-18(26)7-8-20(16)29-21-5-4-6-22(30)24(21)23(17-9-12-31-15-17)19(14-27)25(29)28-10-2-3-11-28/h2-3,7-13,15,23H,4-6H2,1H3/t23-/m0/s1. The van der Waals surface area contributed by atoms with Crippen molar-refractivity contribution in [1.82, 2.24) is 4.57 Å². The Morgan fingerprint density at radius 2 is 2.00 bits per heavy atom. The molecule has 4 nitrogen and oxygen atoms in total. The lowest BCUT2D eigenvalue weighted by molar-refractivity contribution is -0.116. The van der Waals surface area contributed by atoms with Crippen LogP contribution in [0.5, 0.6) is 0 Å². The maximum atomic E-state index is 13.3. The number of nitrogens with zero attached hydrogens (tertiary/aromatic N) is 3. The van der Waals surface area contributed by atoms with Gasteiger partial charge in [-0.3, -0.25) is 9.69 Å². The lowest BCUT2D eigenvalue weighted by atomic mass is 9.76. The molecule has 3 heterocycles. The Hall–Kier alpha value is -2.88. The van der Waals surface area contributed by atoms with Crippen LogP contribution >= 0.6 is 27.3 Å². The number of carbonyl (C=O) groups is 1. The number of anilines is 1. The molecule has 0 spiro atoms. The summed E-state index contributed by atoms with van der Waals surface area (Å²) in [6, 6.07) is 14.6. The molecule has 0 radical (unpaired) electrons. The smallest absolute Gasteiger partial charge is 0.161 e. The Labute approximate surface area is 193 Å². The summed E-state index contributed by atoms with van der Waals surface area (Å²) in [5, 5.41) is 14.5. The highest BCUT2D eigenvalue weighted by Gasteiger charge is 2.41. The number of hydrogen-bond acceptors (Lipinski definition) is 4. The first-order valence-corrected chi connectivity index (χ1v) is 12.0. The Kier molecular flexibility index (Phi) is 5.17. The van der Waals surface area contributed by atoms with E-state index in [9.17, 15) is 10.1 Å². The number of allylic oxidation sites excluding steroid dienone is 3. The summed E-state index contributed by atoms with van der Waals surface area (Å²) in [5.74, 6) is 0.627. The van der Waals surface area contributed by atoms with Gasteiger partial charge in [-0.05, 0) is 78.1 Å². The third kappa shape index (κ3) is 3.29. The van der Waals surface area contributed by atoms with Gasteiger partial charge in [0.05, 0.1) is 23.2 Å². The zero-order valence-corrected chi connectivity index (χ0v) is 19.4.